The van der Waals surface area contributed by atoms with Gasteiger partial charge in [0.15, 0.2) is 0 Å². The molecule has 0 saturated carbocycles. The van der Waals surface area contributed by atoms with Gasteiger partial charge in [-0.1, -0.05) is 6.92 Å². The van der Waals surface area contributed by atoms with Gasteiger partial charge in [0, 0.05) is 12.4 Å². The van der Waals surface area contributed by atoms with Gasteiger partial charge in [-0.05, 0) is 6.42 Å². The number of nitrogens with zero attached hydrogens (tertiary/aromatic N) is 2. The molecule has 11 heteroatoms. The summed E-state index contributed by atoms with van der Waals surface area (Å²) in [6.45, 7) is 5.93. The summed E-state index contributed by atoms with van der Waals surface area (Å²) in [6, 6.07) is 0. The van der Waals surface area contributed by atoms with Gasteiger partial charge in [-0.15, -0.1) is 5.34 Å². The van der Waals surface area contributed by atoms with Crippen LogP contribution in [0.25, 0.3) is 0 Å². The molecule has 0 spiro atoms. The maximum atomic E-state index is 9.10. The van der Waals surface area contributed by atoms with E-state index < -0.39 is 11.9 Å². The van der Waals surface area contributed by atoms with Gasteiger partial charge in [0.25, 0.3) is 0 Å². The molecule has 0 aliphatic rings. The van der Waals surface area contributed by atoms with Gasteiger partial charge < -0.3 is 32.2 Å². The molecule has 0 bridgehead atoms. The molecule has 1 heterocycles. The molecule has 1 unspecified atom stereocenters. The molecule has 3 N–H and O–H groups in total. The van der Waals surface area contributed by atoms with Gasteiger partial charge >= 0.3 is 40.1 Å². The molecule has 1 aromatic heterocycles. The third kappa shape index (κ3) is 21.8. The number of rotatable bonds is 2. The van der Waals surface area contributed by atoms with Crippen LogP contribution in [0.4, 0.5) is 0 Å². The first-order valence-corrected chi connectivity index (χ1v) is 7.51. The SMILES string of the molecule is O=C(O)C(=O)O.O=N[O-].[CH2-]C(C)Cc1ncc[nH]1.[Cl][Pt+]. The van der Waals surface area contributed by atoms with E-state index in [2.05, 4.69) is 33.2 Å². The monoisotopic (exact) mass is 489 g/mol. The van der Waals surface area contributed by atoms with Crippen LogP contribution in [-0.4, -0.2) is 32.1 Å². The molecular weight excluding hydrogens is 477 g/mol. The van der Waals surface area contributed by atoms with Gasteiger partial charge in [0.2, 0.25) is 0 Å². The van der Waals surface area contributed by atoms with Crippen LogP contribution in [0.2, 0.25) is 0 Å². The molecule has 1 aromatic rings. The van der Waals surface area contributed by atoms with E-state index in [0.29, 0.717) is 5.92 Å². The second-order valence-corrected chi connectivity index (χ2v) is 3.03. The molecule has 9 nitrogen and oxygen atoms in total. The third-order valence-electron chi connectivity index (χ3n) is 1.28. The van der Waals surface area contributed by atoms with E-state index in [1.807, 2.05) is 6.20 Å². The van der Waals surface area contributed by atoms with Crippen molar-refractivity contribution in [3.05, 3.63) is 35.3 Å². The van der Waals surface area contributed by atoms with Crippen LogP contribution in [0, 0.1) is 23.0 Å². The first-order valence-electron chi connectivity index (χ1n) is 4.69. The predicted molar refractivity (Wildman–Crippen MR) is 67.1 cm³/mol. The van der Waals surface area contributed by atoms with E-state index in [1.165, 1.54) is 0 Å². The van der Waals surface area contributed by atoms with E-state index in [0.717, 1.165) is 17.6 Å². The number of carboxylic acids is 2. The molecule has 0 aliphatic carbocycles. The molecule has 0 radical (unpaired) electrons. The Morgan fingerprint density at radius 3 is 2.15 bits per heavy atom. The molecular formula is C9H13ClN3O6Pt-. The van der Waals surface area contributed by atoms with Crippen molar-refractivity contribution < 1.29 is 38.6 Å². The molecule has 1 atom stereocenters. The van der Waals surface area contributed by atoms with Crippen molar-refractivity contribution in [2.24, 2.45) is 11.3 Å². The van der Waals surface area contributed by atoms with E-state index in [4.69, 9.17) is 29.9 Å². The van der Waals surface area contributed by atoms with Crippen LogP contribution < -0.4 is 0 Å². The second-order valence-electron chi connectivity index (χ2n) is 3.03. The summed E-state index contributed by atoms with van der Waals surface area (Å²) in [5.41, 5.74) is 0. The van der Waals surface area contributed by atoms with Gasteiger partial charge in [-0.25, -0.2) is 14.6 Å². The summed E-state index contributed by atoms with van der Waals surface area (Å²) in [5.74, 6) is -2.18. The van der Waals surface area contributed by atoms with Gasteiger partial charge in [-0.2, -0.15) is 5.92 Å². The number of aromatic nitrogens is 2. The Hall–Kier alpha value is -1.47. The third-order valence-corrected chi connectivity index (χ3v) is 1.28. The summed E-state index contributed by atoms with van der Waals surface area (Å²) in [7, 11) is 4.61. The zero-order valence-corrected chi connectivity index (χ0v) is 13.3. The number of H-pyrrole nitrogens is 1. The van der Waals surface area contributed by atoms with E-state index in [9.17, 15) is 0 Å². The molecule has 0 aliphatic heterocycles. The van der Waals surface area contributed by atoms with E-state index in [1.54, 1.807) is 25.0 Å². The van der Waals surface area contributed by atoms with Gasteiger partial charge in [0.1, 0.15) is 5.82 Å². The van der Waals surface area contributed by atoms with Crippen molar-refractivity contribution in [1.29, 1.82) is 0 Å². The average Bonchev–Trinajstić information content (AvgIpc) is 2.85. The Morgan fingerprint density at radius 1 is 1.55 bits per heavy atom. The molecule has 0 fully saturated rings. The molecule has 0 amide bonds. The number of aromatic amines is 1. The summed E-state index contributed by atoms with van der Waals surface area (Å²) in [6.07, 6.45) is 4.53. The number of halogens is 1. The first-order chi connectivity index (χ1) is 9.34. The standard InChI is InChI=1S/C7H11N2.C2H2O4.ClH.HNO2.Pt/c1-6(2)5-7-8-3-4-9-7;3-1(4)2(5)6;;2-1-3;/h3-4,6H,1,5H2,2H3,(H,8,9);(H,3,4)(H,5,6);1H;(H,2,3);/q-1;;;;+2/p-2. The number of aliphatic carboxylic acids is 2. The van der Waals surface area contributed by atoms with Crippen molar-refractivity contribution >= 4 is 21.4 Å². The zero-order valence-electron chi connectivity index (χ0n) is 10.3. The van der Waals surface area contributed by atoms with E-state index >= 15 is 0 Å². The topological polar surface area (TPSA) is 156 Å². The summed E-state index contributed by atoms with van der Waals surface area (Å²) in [5, 5.41) is 23.8. The summed E-state index contributed by atoms with van der Waals surface area (Å²) in [4.78, 5) is 33.3. The Bertz CT molecular complexity index is 349. The van der Waals surface area contributed by atoms with Crippen molar-refractivity contribution in [3.63, 3.8) is 0 Å². The molecule has 118 valence electrons. The molecule has 20 heavy (non-hydrogen) atoms. The maximum absolute atomic E-state index is 9.10. The Labute approximate surface area is 130 Å². The quantitative estimate of drug-likeness (QED) is 0.246. The minimum atomic E-state index is -1.82. The van der Waals surface area contributed by atoms with Crippen molar-refractivity contribution in [2.75, 3.05) is 0 Å². The fraction of sp³-hybridized carbons (Fsp3) is 0.333. The van der Waals surface area contributed by atoms with E-state index in [-0.39, 0.29) is 0 Å². The number of nitrogens with one attached hydrogen (secondary N) is 1. The average molecular weight is 490 g/mol. The second kappa shape index (κ2) is 17.5. The number of carboxylic acid groups (broad SMARTS) is 2. The fourth-order valence-electron chi connectivity index (χ4n) is 0.740. The van der Waals surface area contributed by atoms with Crippen LogP contribution in [-0.2, 0) is 34.8 Å². The molecule has 0 saturated heterocycles. The van der Waals surface area contributed by atoms with Crippen LogP contribution in [0.15, 0.2) is 17.7 Å². The number of carbonyl (C=O) groups is 2. The van der Waals surface area contributed by atoms with Gasteiger partial charge in [-0.3, -0.25) is 0 Å². The number of hydrogen-bond acceptors (Lipinski definition) is 6. The summed E-state index contributed by atoms with van der Waals surface area (Å²) >= 11 is 1.61. The Morgan fingerprint density at radius 2 is 1.95 bits per heavy atom. The fourth-order valence-corrected chi connectivity index (χ4v) is 0.740. The number of imidazole rings is 1. The predicted octanol–water partition coefficient (Wildman–Crippen LogP) is 1.52. The van der Waals surface area contributed by atoms with Crippen molar-refractivity contribution in [2.45, 2.75) is 13.3 Å². The van der Waals surface area contributed by atoms with Gasteiger partial charge in [0.05, 0.1) is 0 Å². The van der Waals surface area contributed by atoms with Crippen LogP contribution in [0.3, 0.4) is 0 Å². The Balaban J connectivity index is -0.000000229. The summed E-state index contributed by atoms with van der Waals surface area (Å²) < 4.78 is 0. The van der Waals surface area contributed by atoms with Crippen molar-refractivity contribution in [1.82, 2.24) is 9.97 Å². The van der Waals surface area contributed by atoms with Crippen molar-refractivity contribution in [3.8, 4) is 0 Å². The van der Waals surface area contributed by atoms with Crippen LogP contribution in [0.1, 0.15) is 12.7 Å². The minimum absolute atomic E-state index is 0.441. The van der Waals surface area contributed by atoms with Crippen LogP contribution in [0.5, 0.6) is 0 Å². The van der Waals surface area contributed by atoms with Crippen LogP contribution >= 0.6 is 9.42 Å². The number of hydrogen-bond donors (Lipinski definition) is 3. The molecule has 1 rings (SSSR count). The normalized spacial score (nSPS) is 9.25. The first kappa shape index (κ1) is 23.6. The molecule has 0 aromatic carbocycles. The Kier molecular flexibility index (Phi) is 20.7. The zero-order chi connectivity index (χ0) is 16.6.